The van der Waals surface area contributed by atoms with Crippen LogP contribution in [0.1, 0.15) is 38.5 Å². The van der Waals surface area contributed by atoms with E-state index in [2.05, 4.69) is 10.6 Å². The lowest BCUT2D eigenvalue weighted by molar-refractivity contribution is -0.120. The van der Waals surface area contributed by atoms with E-state index in [-0.39, 0.29) is 5.91 Å². The Morgan fingerprint density at radius 1 is 1.31 bits per heavy atom. The van der Waals surface area contributed by atoms with Crippen molar-refractivity contribution in [3.63, 3.8) is 0 Å². The van der Waals surface area contributed by atoms with Gasteiger partial charge in [0.2, 0.25) is 5.91 Å². The molecule has 94 valence electrons. The van der Waals surface area contributed by atoms with Crippen molar-refractivity contribution in [1.82, 2.24) is 10.6 Å². The minimum atomic E-state index is 0.0988. The molecule has 0 aromatic rings. The largest absolute Gasteiger partial charge is 0.385 e. The molecule has 16 heavy (non-hydrogen) atoms. The smallest absolute Gasteiger partial charge is 0.233 e. The second-order valence-electron chi connectivity index (χ2n) is 4.41. The number of carbonyl (C=O) groups is 1. The fraction of sp³-hybridized carbons (Fsp3) is 0.917. The Labute approximate surface area is 98.1 Å². The van der Waals surface area contributed by atoms with Crippen molar-refractivity contribution in [1.29, 1.82) is 0 Å². The van der Waals surface area contributed by atoms with Crippen LogP contribution in [0.25, 0.3) is 0 Å². The van der Waals surface area contributed by atoms with E-state index >= 15 is 0 Å². The Morgan fingerprint density at radius 3 is 2.75 bits per heavy atom. The molecule has 1 fully saturated rings. The third kappa shape index (κ3) is 6.08. The van der Waals surface area contributed by atoms with Gasteiger partial charge in [-0.15, -0.1) is 0 Å². The molecule has 4 nitrogen and oxygen atoms in total. The number of hydrogen-bond donors (Lipinski definition) is 2. The zero-order chi connectivity index (χ0) is 11.6. The number of carbonyl (C=O) groups excluding carboxylic acids is 1. The Morgan fingerprint density at radius 2 is 2.06 bits per heavy atom. The van der Waals surface area contributed by atoms with Gasteiger partial charge in [-0.25, -0.2) is 0 Å². The summed E-state index contributed by atoms with van der Waals surface area (Å²) in [6.45, 7) is 1.87. The van der Waals surface area contributed by atoms with Gasteiger partial charge in [0.05, 0.1) is 6.54 Å². The topological polar surface area (TPSA) is 50.4 Å². The van der Waals surface area contributed by atoms with Gasteiger partial charge >= 0.3 is 0 Å². The van der Waals surface area contributed by atoms with Gasteiger partial charge in [-0.3, -0.25) is 4.79 Å². The lowest BCUT2D eigenvalue weighted by Crippen LogP contribution is -2.40. The zero-order valence-corrected chi connectivity index (χ0v) is 10.3. The highest BCUT2D eigenvalue weighted by Gasteiger charge is 2.13. The van der Waals surface area contributed by atoms with Crippen LogP contribution in [-0.4, -0.2) is 38.8 Å². The normalized spacial score (nSPS) is 17.3. The van der Waals surface area contributed by atoms with Crippen LogP contribution in [0.5, 0.6) is 0 Å². The van der Waals surface area contributed by atoms with Gasteiger partial charge in [0.25, 0.3) is 0 Å². The molecular weight excluding hydrogens is 204 g/mol. The molecule has 1 saturated carbocycles. The quantitative estimate of drug-likeness (QED) is 0.641. The molecule has 1 rings (SSSR count). The van der Waals surface area contributed by atoms with Crippen molar-refractivity contribution in [3.05, 3.63) is 0 Å². The van der Waals surface area contributed by atoms with Gasteiger partial charge in [-0.2, -0.15) is 0 Å². The van der Waals surface area contributed by atoms with Crippen LogP contribution in [0, 0.1) is 0 Å². The SMILES string of the molecule is COCCCNC(=O)CNC1CCCCC1. The van der Waals surface area contributed by atoms with Crippen LogP contribution in [0.4, 0.5) is 0 Å². The second kappa shape index (κ2) is 8.53. The summed E-state index contributed by atoms with van der Waals surface area (Å²) in [7, 11) is 1.67. The van der Waals surface area contributed by atoms with E-state index in [4.69, 9.17) is 4.74 Å². The number of methoxy groups -OCH3 is 1. The number of amides is 1. The van der Waals surface area contributed by atoms with Gasteiger partial charge < -0.3 is 15.4 Å². The number of hydrogen-bond acceptors (Lipinski definition) is 3. The molecule has 0 heterocycles. The minimum Gasteiger partial charge on any atom is -0.385 e. The predicted octanol–water partition coefficient (Wildman–Crippen LogP) is 1.06. The maximum absolute atomic E-state index is 11.4. The van der Waals surface area contributed by atoms with E-state index in [1.54, 1.807) is 7.11 Å². The molecule has 0 atom stereocenters. The molecule has 0 aliphatic heterocycles. The monoisotopic (exact) mass is 228 g/mol. The highest BCUT2D eigenvalue weighted by atomic mass is 16.5. The standard InChI is InChI=1S/C12H24N2O2/c1-16-9-5-8-13-12(15)10-14-11-6-3-2-4-7-11/h11,14H,2-10H2,1H3,(H,13,15). The van der Waals surface area contributed by atoms with Crippen molar-refractivity contribution >= 4 is 5.91 Å². The molecule has 0 aromatic carbocycles. The first-order valence-corrected chi connectivity index (χ1v) is 6.32. The highest BCUT2D eigenvalue weighted by molar-refractivity contribution is 5.77. The number of rotatable bonds is 7. The van der Waals surface area contributed by atoms with Gasteiger partial charge in [0.1, 0.15) is 0 Å². The summed E-state index contributed by atoms with van der Waals surface area (Å²) in [6.07, 6.45) is 7.27. The van der Waals surface area contributed by atoms with E-state index in [0.717, 1.165) is 6.42 Å². The summed E-state index contributed by atoms with van der Waals surface area (Å²) in [6, 6.07) is 0.554. The van der Waals surface area contributed by atoms with Crippen LogP contribution in [0.2, 0.25) is 0 Å². The van der Waals surface area contributed by atoms with Crippen LogP contribution in [0.3, 0.4) is 0 Å². The molecule has 0 spiro atoms. The van der Waals surface area contributed by atoms with E-state index in [9.17, 15) is 4.79 Å². The third-order valence-electron chi connectivity index (χ3n) is 3.00. The maximum Gasteiger partial charge on any atom is 0.233 e. The summed E-state index contributed by atoms with van der Waals surface area (Å²) in [5.74, 6) is 0.0988. The molecule has 0 bridgehead atoms. The van der Waals surface area contributed by atoms with Gasteiger partial charge in [-0.05, 0) is 19.3 Å². The summed E-state index contributed by atoms with van der Waals surface area (Å²) < 4.78 is 4.91. The fourth-order valence-electron chi connectivity index (χ4n) is 2.05. The Balaban J connectivity index is 1.96. The lowest BCUT2D eigenvalue weighted by Gasteiger charge is -2.22. The Kier molecular flexibility index (Phi) is 7.17. The lowest BCUT2D eigenvalue weighted by atomic mass is 9.95. The van der Waals surface area contributed by atoms with Crippen LogP contribution in [-0.2, 0) is 9.53 Å². The molecular formula is C12H24N2O2. The first-order chi connectivity index (χ1) is 7.83. The van der Waals surface area contributed by atoms with Gasteiger partial charge in [0.15, 0.2) is 0 Å². The molecule has 0 saturated heterocycles. The average molecular weight is 228 g/mol. The summed E-state index contributed by atoms with van der Waals surface area (Å²) in [4.78, 5) is 11.4. The minimum absolute atomic E-state index is 0.0988. The molecule has 0 aromatic heterocycles. The first kappa shape index (κ1) is 13.5. The molecule has 2 N–H and O–H groups in total. The number of ether oxygens (including phenoxy) is 1. The highest BCUT2D eigenvalue weighted by Crippen LogP contribution is 2.16. The van der Waals surface area contributed by atoms with E-state index in [0.29, 0.717) is 25.7 Å². The summed E-state index contributed by atoms with van der Waals surface area (Å²) in [5, 5.41) is 6.19. The maximum atomic E-state index is 11.4. The Bertz CT molecular complexity index is 191. The first-order valence-electron chi connectivity index (χ1n) is 6.32. The molecule has 1 amide bonds. The van der Waals surface area contributed by atoms with E-state index < -0.39 is 0 Å². The van der Waals surface area contributed by atoms with Gasteiger partial charge in [0, 0.05) is 26.3 Å². The fourth-order valence-corrected chi connectivity index (χ4v) is 2.05. The van der Waals surface area contributed by atoms with Crippen molar-refractivity contribution in [2.75, 3.05) is 26.8 Å². The predicted molar refractivity (Wildman–Crippen MR) is 64.4 cm³/mol. The van der Waals surface area contributed by atoms with Crippen LogP contribution in [0.15, 0.2) is 0 Å². The summed E-state index contributed by atoms with van der Waals surface area (Å²) >= 11 is 0. The average Bonchev–Trinajstić information content (AvgIpc) is 2.33. The molecule has 0 radical (unpaired) electrons. The van der Waals surface area contributed by atoms with Crippen molar-refractivity contribution < 1.29 is 9.53 Å². The van der Waals surface area contributed by atoms with E-state index in [1.165, 1.54) is 32.1 Å². The van der Waals surface area contributed by atoms with E-state index in [1.807, 2.05) is 0 Å². The van der Waals surface area contributed by atoms with Crippen LogP contribution >= 0.6 is 0 Å². The second-order valence-corrected chi connectivity index (χ2v) is 4.41. The summed E-state index contributed by atoms with van der Waals surface area (Å²) in [5.41, 5.74) is 0. The van der Waals surface area contributed by atoms with Crippen molar-refractivity contribution in [2.24, 2.45) is 0 Å². The van der Waals surface area contributed by atoms with Crippen molar-refractivity contribution in [2.45, 2.75) is 44.6 Å². The third-order valence-corrected chi connectivity index (χ3v) is 3.00. The van der Waals surface area contributed by atoms with Crippen molar-refractivity contribution in [3.8, 4) is 0 Å². The number of nitrogens with one attached hydrogen (secondary N) is 2. The molecule has 0 unspecified atom stereocenters. The molecule has 1 aliphatic rings. The zero-order valence-electron chi connectivity index (χ0n) is 10.3. The Hall–Kier alpha value is -0.610. The molecule has 4 heteroatoms. The van der Waals surface area contributed by atoms with Crippen LogP contribution < -0.4 is 10.6 Å². The van der Waals surface area contributed by atoms with Gasteiger partial charge in [-0.1, -0.05) is 19.3 Å². The molecule has 1 aliphatic carbocycles.